The Morgan fingerprint density at radius 3 is 2.52 bits per heavy atom. The Morgan fingerprint density at radius 2 is 1.92 bits per heavy atom. The predicted molar refractivity (Wildman–Crippen MR) is 92.4 cm³/mol. The van der Waals surface area contributed by atoms with Crippen LogP contribution >= 0.6 is 0 Å². The van der Waals surface area contributed by atoms with Crippen molar-refractivity contribution in [2.45, 2.75) is 50.4 Å². The van der Waals surface area contributed by atoms with E-state index in [4.69, 9.17) is 0 Å². The van der Waals surface area contributed by atoms with Gasteiger partial charge in [-0.05, 0) is 50.1 Å². The lowest BCUT2D eigenvalue weighted by Crippen LogP contribution is -2.52. The number of halogens is 3. The first-order chi connectivity index (χ1) is 11.8. The summed E-state index contributed by atoms with van der Waals surface area (Å²) < 4.78 is 38.0. The molecule has 2 atom stereocenters. The largest absolute Gasteiger partial charge is 0.416 e. The Labute approximate surface area is 146 Å². The summed E-state index contributed by atoms with van der Waals surface area (Å²) >= 11 is 0. The quantitative estimate of drug-likeness (QED) is 0.612. The molecule has 0 heterocycles. The van der Waals surface area contributed by atoms with Crippen molar-refractivity contribution >= 4 is 5.91 Å². The summed E-state index contributed by atoms with van der Waals surface area (Å²) in [6.45, 7) is 4.52. The number of carbonyl (C=O) groups is 1. The van der Waals surface area contributed by atoms with Crippen molar-refractivity contribution in [3.63, 3.8) is 0 Å². The molecule has 1 fully saturated rings. The fraction of sp³-hybridized carbons (Fsp3) is 0.526. The lowest BCUT2D eigenvalue weighted by atomic mass is 9.89. The van der Waals surface area contributed by atoms with Gasteiger partial charge in [0.2, 0.25) is 0 Å². The number of benzene rings is 1. The Kier molecular flexibility index (Phi) is 6.64. The minimum Gasteiger partial charge on any atom is -0.337 e. The van der Waals surface area contributed by atoms with Gasteiger partial charge in [0.1, 0.15) is 0 Å². The predicted octanol–water partition coefficient (Wildman–Crippen LogP) is 4.25. The Balaban J connectivity index is 2.07. The summed E-state index contributed by atoms with van der Waals surface area (Å²) in [7, 11) is 1.73. The topological polar surface area (TPSA) is 32.3 Å². The third kappa shape index (κ3) is 5.08. The number of hydrogen-bond donors (Lipinski definition) is 1. The maximum Gasteiger partial charge on any atom is 0.416 e. The van der Waals surface area contributed by atoms with Crippen LogP contribution in [0.25, 0.3) is 0 Å². The number of alkyl halides is 3. The molecule has 0 saturated heterocycles. The zero-order chi connectivity index (χ0) is 18.4. The highest BCUT2D eigenvalue weighted by molar-refractivity contribution is 5.94. The number of nitrogens with one attached hydrogen (secondary N) is 1. The van der Waals surface area contributed by atoms with E-state index in [9.17, 15) is 18.0 Å². The van der Waals surface area contributed by atoms with Crippen LogP contribution in [0, 0.1) is 0 Å². The third-order valence-corrected chi connectivity index (χ3v) is 4.76. The second-order valence-electron chi connectivity index (χ2n) is 6.48. The number of likely N-dealkylation sites (N-methyl/N-ethyl adjacent to an activating group) is 1. The van der Waals surface area contributed by atoms with Gasteiger partial charge in [0.15, 0.2) is 0 Å². The average molecular weight is 354 g/mol. The molecule has 2 rings (SSSR count). The summed E-state index contributed by atoms with van der Waals surface area (Å²) in [5.41, 5.74) is -0.459. The van der Waals surface area contributed by atoms with Crippen LogP contribution in [0.2, 0.25) is 0 Å². The summed E-state index contributed by atoms with van der Waals surface area (Å²) in [6, 6.07) is 4.68. The lowest BCUT2D eigenvalue weighted by molar-refractivity contribution is -0.137. The van der Waals surface area contributed by atoms with Crippen molar-refractivity contribution in [2.75, 3.05) is 13.6 Å². The van der Waals surface area contributed by atoms with Gasteiger partial charge in [-0.3, -0.25) is 4.79 Å². The molecule has 1 N–H and O–H groups in total. The van der Waals surface area contributed by atoms with Crippen LogP contribution in [0.15, 0.2) is 36.9 Å². The summed E-state index contributed by atoms with van der Waals surface area (Å²) in [5, 5.41) is 3.47. The molecule has 25 heavy (non-hydrogen) atoms. The first-order valence-electron chi connectivity index (χ1n) is 8.63. The van der Waals surface area contributed by atoms with Gasteiger partial charge in [-0.1, -0.05) is 18.9 Å². The molecule has 0 spiro atoms. The van der Waals surface area contributed by atoms with Gasteiger partial charge in [0.25, 0.3) is 5.91 Å². The average Bonchev–Trinajstić information content (AvgIpc) is 2.60. The van der Waals surface area contributed by atoms with Gasteiger partial charge < -0.3 is 10.2 Å². The lowest BCUT2D eigenvalue weighted by Gasteiger charge is -2.38. The normalized spacial score (nSPS) is 21.0. The molecule has 1 saturated carbocycles. The van der Waals surface area contributed by atoms with Gasteiger partial charge >= 0.3 is 6.18 Å². The van der Waals surface area contributed by atoms with Crippen molar-refractivity contribution in [2.24, 2.45) is 0 Å². The molecule has 6 heteroatoms. The molecule has 1 aliphatic carbocycles. The van der Waals surface area contributed by atoms with Gasteiger partial charge in [0.05, 0.1) is 5.56 Å². The SMILES string of the molecule is C=CCCN[C@@H]1CCCC[C@H]1N(C)C(=O)c1ccc(C(F)(F)F)cc1. The van der Waals surface area contributed by atoms with E-state index in [1.165, 1.54) is 12.1 Å². The number of rotatable bonds is 6. The van der Waals surface area contributed by atoms with Crippen LogP contribution in [-0.4, -0.2) is 36.5 Å². The highest BCUT2D eigenvalue weighted by Gasteiger charge is 2.32. The standard InChI is InChI=1S/C19H25F3N2O/c1-3-4-13-23-16-7-5-6-8-17(16)24(2)18(25)14-9-11-15(12-10-14)19(20,21)22/h3,9-12,16-17,23H,1,4-8,13H2,2H3/t16-,17-/m1/s1. The molecule has 0 radical (unpaired) electrons. The monoisotopic (exact) mass is 354 g/mol. The number of carbonyl (C=O) groups excluding carboxylic acids is 1. The molecule has 0 unspecified atom stereocenters. The van der Waals surface area contributed by atoms with E-state index in [-0.39, 0.29) is 23.6 Å². The van der Waals surface area contributed by atoms with E-state index in [0.717, 1.165) is 50.8 Å². The number of hydrogen-bond acceptors (Lipinski definition) is 2. The van der Waals surface area contributed by atoms with Crippen molar-refractivity contribution in [1.82, 2.24) is 10.2 Å². The van der Waals surface area contributed by atoms with E-state index in [2.05, 4.69) is 11.9 Å². The molecule has 3 nitrogen and oxygen atoms in total. The zero-order valence-electron chi connectivity index (χ0n) is 14.5. The molecule has 1 amide bonds. The molecular formula is C19H25F3N2O. The van der Waals surface area contributed by atoms with Gasteiger partial charge in [-0.2, -0.15) is 13.2 Å². The molecular weight excluding hydrogens is 329 g/mol. The van der Waals surface area contributed by atoms with E-state index in [1.807, 2.05) is 6.08 Å². The first-order valence-corrected chi connectivity index (χ1v) is 8.63. The minimum absolute atomic E-state index is 0.0494. The summed E-state index contributed by atoms with van der Waals surface area (Å²) in [5.74, 6) is -0.240. The van der Waals surface area contributed by atoms with E-state index < -0.39 is 11.7 Å². The first kappa shape index (κ1) is 19.5. The fourth-order valence-corrected chi connectivity index (χ4v) is 3.34. The van der Waals surface area contributed by atoms with Gasteiger partial charge in [0, 0.05) is 24.7 Å². The van der Waals surface area contributed by atoms with Crippen molar-refractivity contribution in [1.29, 1.82) is 0 Å². The number of amides is 1. The second-order valence-corrected chi connectivity index (χ2v) is 6.48. The van der Waals surface area contributed by atoms with Crippen LogP contribution in [-0.2, 0) is 6.18 Å². The van der Waals surface area contributed by atoms with Gasteiger partial charge in [-0.25, -0.2) is 0 Å². The molecule has 1 aromatic rings. The van der Waals surface area contributed by atoms with Crippen LogP contribution in [0.4, 0.5) is 13.2 Å². The molecule has 138 valence electrons. The molecule has 0 aromatic heterocycles. The van der Waals surface area contributed by atoms with Crippen molar-refractivity contribution in [3.05, 3.63) is 48.0 Å². The zero-order valence-corrected chi connectivity index (χ0v) is 14.5. The van der Waals surface area contributed by atoms with Crippen LogP contribution in [0.3, 0.4) is 0 Å². The number of nitrogens with zero attached hydrogens (tertiary/aromatic N) is 1. The Hall–Kier alpha value is -1.82. The highest BCUT2D eigenvalue weighted by Crippen LogP contribution is 2.29. The molecule has 1 aromatic carbocycles. The van der Waals surface area contributed by atoms with E-state index >= 15 is 0 Å². The van der Waals surface area contributed by atoms with Gasteiger partial charge in [-0.15, -0.1) is 6.58 Å². The van der Waals surface area contributed by atoms with Crippen molar-refractivity contribution in [3.8, 4) is 0 Å². The maximum atomic E-state index is 12.7. The van der Waals surface area contributed by atoms with Crippen LogP contribution < -0.4 is 5.32 Å². The maximum absolute atomic E-state index is 12.7. The Morgan fingerprint density at radius 1 is 1.28 bits per heavy atom. The highest BCUT2D eigenvalue weighted by atomic mass is 19.4. The van der Waals surface area contributed by atoms with Crippen molar-refractivity contribution < 1.29 is 18.0 Å². The van der Waals surface area contributed by atoms with E-state index in [0.29, 0.717) is 0 Å². The van der Waals surface area contributed by atoms with Crippen LogP contribution in [0.1, 0.15) is 48.0 Å². The fourth-order valence-electron chi connectivity index (χ4n) is 3.34. The second kappa shape index (κ2) is 8.52. The minimum atomic E-state index is -4.39. The molecule has 1 aliphatic rings. The van der Waals surface area contributed by atoms with Crippen LogP contribution in [0.5, 0.6) is 0 Å². The molecule has 0 aliphatic heterocycles. The summed E-state index contributed by atoms with van der Waals surface area (Å²) in [6.07, 6.45) is 2.37. The Bertz CT molecular complexity index is 583. The summed E-state index contributed by atoms with van der Waals surface area (Å²) in [4.78, 5) is 14.4. The molecule has 0 bridgehead atoms. The smallest absolute Gasteiger partial charge is 0.337 e. The third-order valence-electron chi connectivity index (χ3n) is 4.76. The van der Waals surface area contributed by atoms with E-state index in [1.54, 1.807) is 11.9 Å².